The van der Waals surface area contributed by atoms with Gasteiger partial charge in [-0.05, 0) is 12.8 Å². The monoisotopic (exact) mass is 439 g/mol. The van der Waals surface area contributed by atoms with E-state index in [0.29, 0.717) is 6.42 Å². The second-order valence-corrected chi connectivity index (χ2v) is 8.26. The van der Waals surface area contributed by atoms with Crippen LogP contribution in [-0.4, -0.2) is 49.3 Å². The molecule has 0 saturated heterocycles. The van der Waals surface area contributed by atoms with Gasteiger partial charge in [0.15, 0.2) is 6.10 Å². The lowest BCUT2D eigenvalue weighted by atomic mass is 10.1. The summed E-state index contributed by atoms with van der Waals surface area (Å²) in [6.07, 6.45) is 7.05. The molecule has 0 aromatic heterocycles. The van der Waals surface area contributed by atoms with Crippen LogP contribution in [0.4, 0.5) is 0 Å². The summed E-state index contributed by atoms with van der Waals surface area (Å²) in [5, 5.41) is 0. The highest BCUT2D eigenvalue weighted by Crippen LogP contribution is 2.43. The van der Waals surface area contributed by atoms with Crippen LogP contribution in [-0.2, 0) is 32.7 Å². The van der Waals surface area contributed by atoms with E-state index in [2.05, 4.69) is 11.4 Å². The molecule has 0 heterocycles. The van der Waals surface area contributed by atoms with Gasteiger partial charge in [-0.25, -0.2) is 4.57 Å². The zero-order valence-corrected chi connectivity index (χ0v) is 18.7. The maximum absolute atomic E-state index is 11.9. The molecule has 0 aliphatic carbocycles. The van der Waals surface area contributed by atoms with Crippen LogP contribution in [0.1, 0.15) is 78.1 Å². The van der Waals surface area contributed by atoms with Crippen molar-refractivity contribution in [3.05, 3.63) is 0 Å². The first kappa shape index (κ1) is 28.0. The molecule has 0 radical (unpaired) electrons. The number of carbonyl (C=O) groups excluding carboxylic acids is 2. The minimum atomic E-state index is -4.32. The van der Waals surface area contributed by atoms with Crippen LogP contribution in [0.25, 0.3) is 0 Å². The number of phosphoric ester groups is 1. The number of esters is 2. The van der Waals surface area contributed by atoms with Crippen LogP contribution in [0.15, 0.2) is 0 Å². The fraction of sp³-hybridized carbons (Fsp3) is 0.895. The van der Waals surface area contributed by atoms with Crippen molar-refractivity contribution in [1.29, 1.82) is 0 Å². The summed E-state index contributed by atoms with van der Waals surface area (Å²) in [5.41, 5.74) is 5.22. The third kappa shape index (κ3) is 17.6. The van der Waals surface area contributed by atoms with E-state index in [1.165, 1.54) is 0 Å². The minimum absolute atomic E-state index is 0.0552. The van der Waals surface area contributed by atoms with Gasteiger partial charge in [-0.3, -0.25) is 18.6 Å². The number of unbranched alkanes of at least 4 members (excludes halogenated alkanes) is 6. The Labute approximate surface area is 174 Å². The molecule has 0 aromatic rings. The maximum atomic E-state index is 11.9. The first-order chi connectivity index (χ1) is 13.8. The van der Waals surface area contributed by atoms with E-state index in [9.17, 15) is 19.0 Å². The number of hydrogen-bond acceptors (Lipinski definition) is 8. The fourth-order valence-electron chi connectivity index (χ4n) is 2.39. The second-order valence-electron chi connectivity index (χ2n) is 6.80. The molecule has 0 rings (SSSR count). The summed E-state index contributed by atoms with van der Waals surface area (Å²) in [6.45, 7) is 3.36. The summed E-state index contributed by atoms with van der Waals surface area (Å²) in [4.78, 5) is 33.4. The Morgan fingerprint density at radius 3 is 2.14 bits per heavy atom. The van der Waals surface area contributed by atoms with E-state index in [1.807, 2.05) is 6.92 Å². The van der Waals surface area contributed by atoms with E-state index in [1.54, 1.807) is 0 Å². The lowest BCUT2D eigenvalue weighted by Gasteiger charge is -2.19. The highest BCUT2D eigenvalue weighted by Gasteiger charge is 2.25. The molecule has 0 aromatic carbocycles. The normalized spacial score (nSPS) is 14.2. The quantitative estimate of drug-likeness (QED) is 0.176. The van der Waals surface area contributed by atoms with E-state index < -0.39 is 32.5 Å². The Morgan fingerprint density at radius 2 is 1.48 bits per heavy atom. The molecule has 0 fully saturated rings. The third-order valence-corrected chi connectivity index (χ3v) is 4.98. The van der Waals surface area contributed by atoms with E-state index >= 15 is 0 Å². The highest BCUT2D eigenvalue weighted by atomic mass is 31.2. The van der Waals surface area contributed by atoms with Gasteiger partial charge in [0, 0.05) is 19.4 Å². The summed E-state index contributed by atoms with van der Waals surface area (Å²) >= 11 is 0. The van der Waals surface area contributed by atoms with Gasteiger partial charge in [0.1, 0.15) is 6.61 Å². The van der Waals surface area contributed by atoms with Crippen LogP contribution in [0.2, 0.25) is 0 Å². The van der Waals surface area contributed by atoms with Crippen molar-refractivity contribution in [2.24, 2.45) is 5.73 Å². The summed E-state index contributed by atoms with van der Waals surface area (Å²) in [5.74, 6) is -0.876. The number of carbonyl (C=O) groups is 2. The summed E-state index contributed by atoms with van der Waals surface area (Å²) in [6, 6.07) is 0. The standard InChI is InChI=1S/C19H38NO8P/c1-3-5-7-8-10-11-18(21)25-15-17(28-19(22)12-9-6-4-2)16-27-29(23,24)26-14-13-20/h17H,3-16,20H2,1-2H3,(H,23,24)/t17-/m1/s1. The van der Waals surface area contributed by atoms with E-state index in [4.69, 9.17) is 19.7 Å². The molecule has 0 aliphatic rings. The minimum Gasteiger partial charge on any atom is -0.462 e. The smallest absolute Gasteiger partial charge is 0.462 e. The van der Waals surface area contributed by atoms with Crippen LogP contribution >= 0.6 is 7.82 Å². The largest absolute Gasteiger partial charge is 0.472 e. The van der Waals surface area contributed by atoms with Gasteiger partial charge in [0.05, 0.1) is 13.2 Å². The molecule has 10 heteroatoms. The molecule has 29 heavy (non-hydrogen) atoms. The van der Waals surface area contributed by atoms with Gasteiger partial charge in [-0.2, -0.15) is 0 Å². The SMILES string of the molecule is CCCCCCCC(=O)OC[C@H](COP(=O)(O)OCCN)OC(=O)CCCCC. The van der Waals surface area contributed by atoms with Crippen LogP contribution < -0.4 is 5.73 Å². The van der Waals surface area contributed by atoms with Gasteiger partial charge < -0.3 is 20.1 Å². The molecule has 9 nitrogen and oxygen atoms in total. The Kier molecular flexibility index (Phi) is 17.2. The number of phosphoric acid groups is 1. The predicted octanol–water partition coefficient (Wildman–Crippen LogP) is 3.47. The molecule has 172 valence electrons. The molecular formula is C19H38NO8P. The Bertz CT molecular complexity index is 489. The Morgan fingerprint density at radius 1 is 0.897 bits per heavy atom. The number of nitrogens with two attached hydrogens (primary N) is 1. The molecule has 2 atom stereocenters. The first-order valence-corrected chi connectivity index (χ1v) is 12.0. The second kappa shape index (κ2) is 17.8. The van der Waals surface area contributed by atoms with Gasteiger partial charge in [-0.1, -0.05) is 52.4 Å². The van der Waals surface area contributed by atoms with Gasteiger partial charge in [-0.15, -0.1) is 0 Å². The van der Waals surface area contributed by atoms with Crippen molar-refractivity contribution in [2.45, 2.75) is 84.2 Å². The molecule has 0 spiro atoms. The van der Waals surface area contributed by atoms with Crippen molar-refractivity contribution >= 4 is 19.8 Å². The Balaban J connectivity index is 4.48. The highest BCUT2D eigenvalue weighted by molar-refractivity contribution is 7.47. The zero-order chi connectivity index (χ0) is 22.0. The van der Waals surface area contributed by atoms with Crippen LogP contribution in [0.5, 0.6) is 0 Å². The lowest BCUT2D eigenvalue weighted by Crippen LogP contribution is -2.29. The average molecular weight is 439 g/mol. The van der Waals surface area contributed by atoms with Crippen molar-refractivity contribution in [3.63, 3.8) is 0 Å². The summed E-state index contributed by atoms with van der Waals surface area (Å²) < 4.78 is 31.6. The lowest BCUT2D eigenvalue weighted by molar-refractivity contribution is -0.161. The van der Waals surface area contributed by atoms with Gasteiger partial charge in [0.2, 0.25) is 0 Å². The van der Waals surface area contributed by atoms with Crippen molar-refractivity contribution in [3.8, 4) is 0 Å². The molecule has 1 unspecified atom stereocenters. The fourth-order valence-corrected chi connectivity index (χ4v) is 3.16. The van der Waals surface area contributed by atoms with E-state index in [-0.39, 0.29) is 32.6 Å². The van der Waals surface area contributed by atoms with Crippen molar-refractivity contribution < 1.29 is 37.6 Å². The average Bonchev–Trinajstić information content (AvgIpc) is 2.68. The molecule has 0 saturated carbocycles. The number of hydrogen-bond donors (Lipinski definition) is 2. The van der Waals surface area contributed by atoms with Crippen molar-refractivity contribution in [2.75, 3.05) is 26.4 Å². The first-order valence-electron chi connectivity index (χ1n) is 10.5. The molecule has 3 N–H and O–H groups in total. The molecule has 0 bridgehead atoms. The van der Waals surface area contributed by atoms with Gasteiger partial charge >= 0.3 is 19.8 Å². The van der Waals surface area contributed by atoms with E-state index in [0.717, 1.165) is 44.9 Å². The molecule has 0 aliphatic heterocycles. The molecular weight excluding hydrogens is 401 g/mol. The van der Waals surface area contributed by atoms with Crippen LogP contribution in [0.3, 0.4) is 0 Å². The topological polar surface area (TPSA) is 134 Å². The van der Waals surface area contributed by atoms with Crippen molar-refractivity contribution in [1.82, 2.24) is 0 Å². The summed E-state index contributed by atoms with van der Waals surface area (Å²) in [7, 11) is -4.32. The molecule has 0 amide bonds. The Hall–Kier alpha value is -0.990. The van der Waals surface area contributed by atoms with Gasteiger partial charge in [0.25, 0.3) is 0 Å². The zero-order valence-electron chi connectivity index (χ0n) is 17.8. The predicted molar refractivity (Wildman–Crippen MR) is 109 cm³/mol. The third-order valence-electron chi connectivity index (χ3n) is 3.99. The van der Waals surface area contributed by atoms with Crippen LogP contribution in [0, 0.1) is 0 Å². The maximum Gasteiger partial charge on any atom is 0.472 e. The number of rotatable bonds is 19. The number of ether oxygens (including phenoxy) is 2.